The van der Waals surface area contributed by atoms with Gasteiger partial charge in [-0.05, 0) is 92.1 Å². The summed E-state index contributed by atoms with van der Waals surface area (Å²) in [6.45, 7) is 8.44. The number of nitrogens with zero attached hydrogens (tertiary/aromatic N) is 5. The number of carbonyl (C=O) groups is 2. The summed E-state index contributed by atoms with van der Waals surface area (Å²) in [7, 11) is 0. The third-order valence-corrected chi connectivity index (χ3v) is 12.4. The number of aliphatic imine (C=N–C) groups is 1. The van der Waals surface area contributed by atoms with Crippen LogP contribution in [0.15, 0.2) is 84.0 Å². The number of aromatic nitrogens is 4. The highest BCUT2D eigenvalue weighted by atomic mass is 35.5. The first-order chi connectivity index (χ1) is 31.8. The molecule has 0 aliphatic carbocycles. The van der Waals surface area contributed by atoms with Gasteiger partial charge in [0.1, 0.15) is 35.0 Å². The molecule has 0 spiro atoms. The molecule has 0 unspecified atom stereocenters. The molecule has 14 nitrogen and oxygen atoms in total. The van der Waals surface area contributed by atoms with Crippen LogP contribution in [0.3, 0.4) is 0 Å². The minimum Gasteiger partial charge on any atom is -0.491 e. The molecule has 0 saturated carbocycles. The van der Waals surface area contributed by atoms with Crippen LogP contribution < -0.4 is 20.7 Å². The van der Waals surface area contributed by atoms with Gasteiger partial charge in [0.05, 0.1) is 63.8 Å². The van der Waals surface area contributed by atoms with Crippen molar-refractivity contribution in [3.63, 3.8) is 0 Å². The number of amides is 2. The maximum absolute atomic E-state index is 14.0. The number of halogens is 4. The van der Waals surface area contributed by atoms with Crippen LogP contribution in [0.1, 0.15) is 56.8 Å². The molecule has 2 amide bonds. The van der Waals surface area contributed by atoms with Crippen molar-refractivity contribution in [3.8, 4) is 21.9 Å². The lowest BCUT2D eigenvalue weighted by Crippen LogP contribution is -2.17. The van der Waals surface area contributed by atoms with E-state index in [9.17, 15) is 22.8 Å². The summed E-state index contributed by atoms with van der Waals surface area (Å²) in [6, 6.07) is 19.7. The highest BCUT2D eigenvalue weighted by molar-refractivity contribution is 7.15. The molecule has 0 fully saturated rings. The minimum atomic E-state index is -4.61. The first-order valence-corrected chi connectivity index (χ1v) is 22.4. The Kier molecular flexibility index (Phi) is 14.4. The van der Waals surface area contributed by atoms with Crippen molar-refractivity contribution in [2.24, 2.45) is 4.99 Å². The van der Waals surface area contributed by atoms with Crippen LogP contribution >= 0.6 is 22.9 Å². The van der Waals surface area contributed by atoms with E-state index in [0.29, 0.717) is 78.0 Å². The van der Waals surface area contributed by atoms with Gasteiger partial charge in [0, 0.05) is 50.7 Å². The molecule has 8 rings (SSSR count). The van der Waals surface area contributed by atoms with Crippen LogP contribution in [-0.4, -0.2) is 90.1 Å². The molecule has 3 aromatic carbocycles. The van der Waals surface area contributed by atoms with Crippen LogP contribution in [0.4, 0.5) is 30.4 Å². The molecule has 3 N–H and O–H groups in total. The first-order valence-electron chi connectivity index (χ1n) is 21.2. The van der Waals surface area contributed by atoms with Crippen molar-refractivity contribution < 1.29 is 41.7 Å². The van der Waals surface area contributed by atoms with E-state index >= 15 is 0 Å². The van der Waals surface area contributed by atoms with Gasteiger partial charge in [-0.3, -0.25) is 19.1 Å². The lowest BCUT2D eigenvalue weighted by molar-refractivity contribution is -0.137. The fourth-order valence-corrected chi connectivity index (χ4v) is 8.92. The monoisotopic (exact) mass is 942 g/mol. The third-order valence-electron chi connectivity index (χ3n) is 10.9. The number of hydrogen-bond donors (Lipinski definition) is 3. The fraction of sp³-hybridized carbons (Fsp3) is 0.319. The van der Waals surface area contributed by atoms with Gasteiger partial charge in [-0.25, -0.2) is 4.98 Å². The largest absolute Gasteiger partial charge is 0.491 e. The van der Waals surface area contributed by atoms with Crippen LogP contribution in [0, 0.1) is 20.8 Å². The quantitative estimate of drug-likeness (QED) is 0.0669. The average Bonchev–Trinajstić information content (AvgIpc) is 3.93. The second kappa shape index (κ2) is 20.6. The van der Waals surface area contributed by atoms with Gasteiger partial charge in [0.2, 0.25) is 11.8 Å². The zero-order valence-electron chi connectivity index (χ0n) is 36.3. The maximum Gasteiger partial charge on any atom is 0.417 e. The standard InChI is InChI=1S/C47H46ClF3N8O6S/c1-27-28(2)66-46-43(27)44(30-4-7-33(48)8-5-30)56-39(45-58-57-29(3)59(45)46)25-42(61)54-34-9-11-35(12-10-34)65-21-20-64-19-18-63-17-16-62-15-14-52-40-24-37(47(49,50)51)36(26-53-40)31-6-13-38-32(22-31)23-41(60)55-38/h4-13,22,24,26,39H,14-21,23,25H2,1-3H3,(H,52,53)(H,54,61)(H,55,60)/t39-/m0/s1. The molecular formula is C47H46ClF3N8O6S. The summed E-state index contributed by atoms with van der Waals surface area (Å²) in [6.07, 6.45) is -3.26. The molecule has 3 aromatic heterocycles. The van der Waals surface area contributed by atoms with Crippen LogP contribution in [0.2, 0.25) is 5.02 Å². The number of fused-ring (bicyclic) bond motifs is 4. The van der Waals surface area contributed by atoms with E-state index in [1.165, 1.54) is 6.20 Å². The summed E-state index contributed by atoms with van der Waals surface area (Å²) < 4.78 is 66.6. The molecule has 2 aliphatic rings. The normalized spacial score (nSPS) is 14.2. The highest BCUT2D eigenvalue weighted by Gasteiger charge is 2.35. The summed E-state index contributed by atoms with van der Waals surface area (Å²) in [5.41, 5.74) is 5.07. The molecule has 66 heavy (non-hydrogen) atoms. The number of benzene rings is 3. The second-order valence-electron chi connectivity index (χ2n) is 15.5. The average molecular weight is 943 g/mol. The number of thiophene rings is 1. The number of anilines is 3. The zero-order valence-corrected chi connectivity index (χ0v) is 37.8. The predicted octanol–water partition coefficient (Wildman–Crippen LogP) is 8.94. The first kappa shape index (κ1) is 46.4. The zero-order chi connectivity index (χ0) is 46.4. The Morgan fingerprint density at radius 2 is 1.59 bits per heavy atom. The van der Waals surface area contributed by atoms with E-state index in [4.69, 9.17) is 35.5 Å². The topological polar surface area (TPSA) is 163 Å². The molecular weight excluding hydrogens is 897 g/mol. The SMILES string of the molecule is Cc1sc2c(c1C)C(c1ccc(Cl)cc1)=N[C@@H](CC(=O)Nc1ccc(OCCOCCOCCOCCNc3cc(C(F)(F)F)c(-c4ccc5c(c4)CC(=O)N5)cn3)cc1)c1nnc(C)n1-2. The van der Waals surface area contributed by atoms with E-state index in [0.717, 1.165) is 38.3 Å². The van der Waals surface area contributed by atoms with E-state index < -0.39 is 17.8 Å². The Balaban J connectivity index is 0.717. The van der Waals surface area contributed by atoms with Gasteiger partial charge >= 0.3 is 6.18 Å². The molecule has 19 heteroatoms. The van der Waals surface area contributed by atoms with Gasteiger partial charge in [-0.2, -0.15) is 13.2 Å². The van der Waals surface area contributed by atoms with Crippen LogP contribution in [0.25, 0.3) is 16.1 Å². The third kappa shape index (κ3) is 10.9. The van der Waals surface area contributed by atoms with Crippen molar-refractivity contribution in [1.82, 2.24) is 19.7 Å². The Morgan fingerprint density at radius 1 is 0.894 bits per heavy atom. The Bertz CT molecular complexity index is 2740. The number of pyridine rings is 1. The summed E-state index contributed by atoms with van der Waals surface area (Å²) >= 11 is 7.88. The van der Waals surface area contributed by atoms with Crippen LogP contribution in [0.5, 0.6) is 5.75 Å². The molecule has 6 aromatic rings. The van der Waals surface area contributed by atoms with Crippen molar-refractivity contribution in [2.45, 2.75) is 45.8 Å². The molecule has 0 radical (unpaired) electrons. The van der Waals surface area contributed by atoms with E-state index in [2.05, 4.69) is 45.0 Å². The lowest BCUT2D eigenvalue weighted by Gasteiger charge is -2.15. The van der Waals surface area contributed by atoms with E-state index in [-0.39, 0.29) is 55.8 Å². The van der Waals surface area contributed by atoms with Crippen molar-refractivity contribution >= 4 is 57.7 Å². The smallest absolute Gasteiger partial charge is 0.417 e. The highest BCUT2D eigenvalue weighted by Crippen LogP contribution is 2.41. The van der Waals surface area contributed by atoms with Gasteiger partial charge in [0.25, 0.3) is 0 Å². The second-order valence-corrected chi connectivity index (χ2v) is 17.1. The number of carbonyl (C=O) groups excluding carboxylic acids is 2. The molecule has 2 aliphatic heterocycles. The summed E-state index contributed by atoms with van der Waals surface area (Å²) in [4.78, 5) is 35.7. The van der Waals surface area contributed by atoms with E-state index in [1.54, 1.807) is 53.8 Å². The maximum atomic E-state index is 14.0. The van der Waals surface area contributed by atoms with Gasteiger partial charge in [0.15, 0.2) is 5.82 Å². The number of aryl methyl sites for hydroxylation is 2. The van der Waals surface area contributed by atoms with Gasteiger partial charge < -0.3 is 34.9 Å². The number of ether oxygens (including phenoxy) is 4. The molecule has 344 valence electrons. The van der Waals surface area contributed by atoms with Crippen LogP contribution in [-0.2, 0) is 36.4 Å². The molecule has 1 atom stereocenters. The number of alkyl halides is 3. The fourth-order valence-electron chi connectivity index (χ4n) is 7.58. The number of nitrogens with one attached hydrogen (secondary N) is 3. The summed E-state index contributed by atoms with van der Waals surface area (Å²) in [5, 5.41) is 19.0. The predicted molar refractivity (Wildman–Crippen MR) is 246 cm³/mol. The molecule has 0 saturated heterocycles. The molecule has 5 heterocycles. The minimum absolute atomic E-state index is 0.0421. The van der Waals surface area contributed by atoms with Crippen molar-refractivity contribution in [3.05, 3.63) is 128 Å². The number of rotatable bonds is 19. The lowest BCUT2D eigenvalue weighted by atomic mass is 9.98. The van der Waals surface area contributed by atoms with Crippen molar-refractivity contribution in [2.75, 3.05) is 68.7 Å². The number of hydrogen-bond acceptors (Lipinski definition) is 12. The van der Waals surface area contributed by atoms with Gasteiger partial charge in [-0.15, -0.1) is 21.5 Å². The van der Waals surface area contributed by atoms with Crippen molar-refractivity contribution in [1.29, 1.82) is 0 Å². The Labute approximate surface area is 387 Å². The van der Waals surface area contributed by atoms with E-state index in [1.807, 2.05) is 35.8 Å². The Hall–Kier alpha value is -6.18. The van der Waals surface area contributed by atoms with Gasteiger partial charge in [-0.1, -0.05) is 29.8 Å². The summed E-state index contributed by atoms with van der Waals surface area (Å²) in [5.74, 6) is 1.57. The Morgan fingerprint density at radius 3 is 2.32 bits per heavy atom. The molecule has 0 bridgehead atoms.